The van der Waals surface area contributed by atoms with Crippen molar-refractivity contribution in [2.45, 2.75) is 58.0 Å². The molecule has 0 spiro atoms. The smallest absolute Gasteiger partial charge is 0.294 e. The number of piperidine rings is 2. The molecule has 2 aromatic carbocycles. The molecule has 2 aliphatic heterocycles. The van der Waals surface area contributed by atoms with Crippen molar-refractivity contribution in [1.82, 2.24) is 9.80 Å². The Kier molecular flexibility index (Phi) is 9.17. The monoisotopic (exact) mass is 529 g/mol. The molecule has 0 saturated carbocycles. The predicted octanol–water partition coefficient (Wildman–Crippen LogP) is 5.75. The van der Waals surface area contributed by atoms with Crippen LogP contribution in [0.15, 0.2) is 77.4 Å². The fourth-order valence-electron chi connectivity index (χ4n) is 6.40. The van der Waals surface area contributed by atoms with Crippen LogP contribution in [-0.2, 0) is 6.54 Å². The lowest BCUT2D eigenvalue weighted by molar-refractivity contribution is 0.0516. The summed E-state index contributed by atoms with van der Waals surface area (Å²) in [7, 11) is 0. The lowest BCUT2D eigenvalue weighted by Crippen LogP contribution is -2.48. The normalized spacial score (nSPS) is 18.7. The molecule has 3 heterocycles. The van der Waals surface area contributed by atoms with E-state index in [9.17, 15) is 9.90 Å². The Morgan fingerprint density at radius 1 is 0.923 bits per heavy atom. The Bertz CT molecular complexity index is 1150. The molecule has 5 rings (SSSR count). The first-order valence-electron chi connectivity index (χ1n) is 14.6. The molecule has 6 nitrogen and oxygen atoms in total. The van der Waals surface area contributed by atoms with Gasteiger partial charge >= 0.3 is 0 Å². The molecule has 3 aromatic rings. The zero-order valence-electron chi connectivity index (χ0n) is 23.3. The summed E-state index contributed by atoms with van der Waals surface area (Å²) in [4.78, 5) is 20.5. The number of hydrogen-bond donors (Lipinski definition) is 1. The van der Waals surface area contributed by atoms with Gasteiger partial charge in [0, 0.05) is 38.0 Å². The van der Waals surface area contributed by atoms with Crippen molar-refractivity contribution >= 4 is 11.6 Å². The molecule has 2 fully saturated rings. The minimum atomic E-state index is -0.0635. The minimum absolute atomic E-state index is 0.0635. The van der Waals surface area contributed by atoms with Crippen LogP contribution in [0.4, 0.5) is 5.69 Å². The number of aliphatic hydroxyl groups excluding tert-OH is 1. The lowest BCUT2D eigenvalue weighted by atomic mass is 9.73. The minimum Gasteiger partial charge on any atom is -0.459 e. The number of benzene rings is 2. The van der Waals surface area contributed by atoms with Gasteiger partial charge in [-0.15, -0.1) is 0 Å². The highest BCUT2D eigenvalue weighted by atomic mass is 16.3. The number of rotatable bonds is 10. The van der Waals surface area contributed by atoms with Crippen LogP contribution in [0.2, 0.25) is 0 Å². The summed E-state index contributed by atoms with van der Waals surface area (Å²) in [5.41, 5.74) is 3.72. The maximum atomic E-state index is 13.5. The molecule has 0 atom stereocenters. The molecule has 0 bridgehead atoms. The predicted molar refractivity (Wildman–Crippen MR) is 156 cm³/mol. The Balaban J connectivity index is 1.16. The quantitative estimate of drug-likeness (QED) is 0.362. The molecule has 1 aromatic heterocycles. The van der Waals surface area contributed by atoms with Gasteiger partial charge in [-0.1, -0.05) is 48.0 Å². The molecule has 0 aliphatic carbocycles. The van der Waals surface area contributed by atoms with E-state index in [1.54, 1.807) is 18.4 Å². The third-order valence-corrected chi connectivity index (χ3v) is 8.95. The summed E-state index contributed by atoms with van der Waals surface area (Å²) < 4.78 is 5.49. The highest BCUT2D eigenvalue weighted by molar-refractivity contribution is 6.04. The number of hydrogen-bond acceptors (Lipinski definition) is 5. The average Bonchev–Trinajstić information content (AvgIpc) is 3.51. The van der Waals surface area contributed by atoms with Crippen molar-refractivity contribution in [3.63, 3.8) is 0 Å². The molecule has 2 aliphatic rings. The van der Waals surface area contributed by atoms with Crippen LogP contribution < -0.4 is 4.90 Å². The Hall–Kier alpha value is -2.93. The molecule has 39 heavy (non-hydrogen) atoms. The largest absolute Gasteiger partial charge is 0.459 e. The summed E-state index contributed by atoms with van der Waals surface area (Å²) in [6, 6.07) is 22.6. The molecule has 1 N–H and O–H groups in total. The van der Waals surface area contributed by atoms with Crippen molar-refractivity contribution in [2.24, 2.45) is 5.41 Å². The van der Waals surface area contributed by atoms with Gasteiger partial charge in [0.1, 0.15) is 0 Å². The lowest BCUT2D eigenvalue weighted by Gasteiger charge is -2.44. The van der Waals surface area contributed by atoms with Crippen LogP contribution in [0, 0.1) is 12.3 Å². The van der Waals surface area contributed by atoms with Crippen LogP contribution in [0.1, 0.15) is 60.2 Å². The van der Waals surface area contributed by atoms with E-state index in [0.717, 1.165) is 83.5 Å². The van der Waals surface area contributed by atoms with E-state index in [1.165, 1.54) is 11.1 Å². The standard InChI is InChI=1S/C33H43N3O3/c1-27-9-11-29(12-10-27)36(32(38)31-8-5-25-39-31)30-13-19-34(20-14-30)21-15-33(18-24-37)16-22-35(23-17-33)26-28-6-3-2-4-7-28/h2-12,25,30,37H,13-24,26H2,1H3. The van der Waals surface area contributed by atoms with Crippen LogP contribution in [0.3, 0.4) is 0 Å². The molecule has 208 valence electrons. The zero-order valence-corrected chi connectivity index (χ0v) is 23.3. The fraction of sp³-hybridized carbons (Fsp3) is 0.485. The van der Waals surface area contributed by atoms with Gasteiger partial charge in [-0.05, 0) is 100 Å². The molecule has 1 amide bonds. The third kappa shape index (κ3) is 6.99. The van der Waals surface area contributed by atoms with Crippen LogP contribution in [0.25, 0.3) is 0 Å². The molecule has 0 radical (unpaired) electrons. The summed E-state index contributed by atoms with van der Waals surface area (Å²) in [5.74, 6) is 0.328. The number of furan rings is 1. The van der Waals surface area contributed by atoms with E-state index < -0.39 is 0 Å². The summed E-state index contributed by atoms with van der Waals surface area (Å²) in [6.07, 6.45) is 7.77. The van der Waals surface area contributed by atoms with Gasteiger partial charge in [-0.2, -0.15) is 0 Å². The molecular weight excluding hydrogens is 486 g/mol. The second kappa shape index (κ2) is 12.9. The Morgan fingerprint density at radius 3 is 2.28 bits per heavy atom. The zero-order chi connectivity index (χ0) is 27.1. The van der Waals surface area contributed by atoms with Crippen LogP contribution in [0.5, 0.6) is 0 Å². The van der Waals surface area contributed by atoms with E-state index in [0.29, 0.717) is 5.76 Å². The van der Waals surface area contributed by atoms with E-state index in [-0.39, 0.29) is 24.0 Å². The van der Waals surface area contributed by atoms with Gasteiger partial charge in [-0.3, -0.25) is 9.69 Å². The molecule has 2 saturated heterocycles. The average molecular weight is 530 g/mol. The first kappa shape index (κ1) is 27.6. The highest BCUT2D eigenvalue weighted by Gasteiger charge is 2.36. The number of likely N-dealkylation sites (tertiary alicyclic amines) is 2. The number of aliphatic hydroxyl groups is 1. The van der Waals surface area contributed by atoms with Gasteiger partial charge in [0.15, 0.2) is 5.76 Å². The van der Waals surface area contributed by atoms with Gasteiger partial charge in [0.05, 0.1) is 6.26 Å². The number of amides is 1. The number of carbonyl (C=O) groups excluding carboxylic acids is 1. The van der Waals surface area contributed by atoms with Crippen LogP contribution in [-0.4, -0.2) is 66.2 Å². The number of carbonyl (C=O) groups is 1. The van der Waals surface area contributed by atoms with Crippen LogP contribution >= 0.6 is 0 Å². The van der Waals surface area contributed by atoms with E-state index >= 15 is 0 Å². The van der Waals surface area contributed by atoms with Crippen molar-refractivity contribution in [2.75, 3.05) is 44.2 Å². The van der Waals surface area contributed by atoms with E-state index in [1.807, 2.05) is 17.0 Å². The van der Waals surface area contributed by atoms with Gasteiger partial charge in [0.25, 0.3) is 5.91 Å². The number of anilines is 1. The second-order valence-electron chi connectivity index (χ2n) is 11.5. The van der Waals surface area contributed by atoms with Crippen molar-refractivity contribution in [1.29, 1.82) is 0 Å². The molecular formula is C33H43N3O3. The third-order valence-electron chi connectivity index (χ3n) is 8.95. The van der Waals surface area contributed by atoms with Gasteiger partial charge < -0.3 is 19.3 Å². The number of aryl methyl sites for hydroxylation is 1. The Morgan fingerprint density at radius 2 is 1.64 bits per heavy atom. The summed E-state index contributed by atoms with van der Waals surface area (Å²) in [5, 5.41) is 9.90. The summed E-state index contributed by atoms with van der Waals surface area (Å²) >= 11 is 0. The first-order valence-corrected chi connectivity index (χ1v) is 14.6. The Labute approximate surface area is 233 Å². The topological polar surface area (TPSA) is 60.2 Å². The molecule has 6 heteroatoms. The highest BCUT2D eigenvalue weighted by Crippen LogP contribution is 2.39. The van der Waals surface area contributed by atoms with E-state index in [4.69, 9.17) is 4.42 Å². The fourth-order valence-corrected chi connectivity index (χ4v) is 6.40. The van der Waals surface area contributed by atoms with Gasteiger partial charge in [-0.25, -0.2) is 0 Å². The van der Waals surface area contributed by atoms with Crippen molar-refractivity contribution in [3.05, 3.63) is 89.9 Å². The number of nitrogens with zero attached hydrogens (tertiary/aromatic N) is 3. The van der Waals surface area contributed by atoms with Crippen molar-refractivity contribution in [3.8, 4) is 0 Å². The van der Waals surface area contributed by atoms with Gasteiger partial charge in [0.2, 0.25) is 0 Å². The maximum Gasteiger partial charge on any atom is 0.294 e. The van der Waals surface area contributed by atoms with E-state index in [2.05, 4.69) is 59.2 Å². The second-order valence-corrected chi connectivity index (χ2v) is 11.5. The van der Waals surface area contributed by atoms with Crippen molar-refractivity contribution < 1.29 is 14.3 Å². The first-order chi connectivity index (χ1) is 19.0. The maximum absolute atomic E-state index is 13.5. The summed E-state index contributed by atoms with van der Waals surface area (Å²) in [6.45, 7) is 8.55. The SMILES string of the molecule is Cc1ccc(N(C(=O)c2ccco2)C2CCN(CCC3(CCO)CCN(Cc4ccccc4)CC3)CC2)cc1. The molecule has 0 unspecified atom stereocenters.